The number of anilines is 1. The van der Waals surface area contributed by atoms with E-state index in [1.165, 1.54) is 46.5 Å². The SMILES string of the molecule is CC1CCc2c(sc3nc(C(C)C)nc(N4CCN(C(=O)c5ccc([N+](=O)[O-])cc5)CC4)c23)C1. The maximum Gasteiger partial charge on any atom is 0.269 e. The van der Waals surface area contributed by atoms with Gasteiger partial charge in [0, 0.05) is 54.7 Å². The van der Waals surface area contributed by atoms with Gasteiger partial charge < -0.3 is 9.80 Å². The number of nitro groups is 1. The number of benzene rings is 1. The Morgan fingerprint density at radius 1 is 1.15 bits per heavy atom. The summed E-state index contributed by atoms with van der Waals surface area (Å²) in [5.41, 5.74) is 1.89. The molecule has 3 heterocycles. The van der Waals surface area contributed by atoms with Gasteiger partial charge in [-0.25, -0.2) is 9.97 Å². The molecule has 1 unspecified atom stereocenters. The van der Waals surface area contributed by atoms with Crippen molar-refractivity contribution in [3.8, 4) is 0 Å². The molecule has 9 heteroatoms. The second kappa shape index (κ2) is 8.94. The maximum atomic E-state index is 13.0. The molecule has 1 fully saturated rings. The molecule has 3 aromatic rings. The first-order chi connectivity index (χ1) is 16.3. The number of rotatable bonds is 4. The number of nitrogens with zero attached hydrogens (tertiary/aromatic N) is 5. The van der Waals surface area contributed by atoms with Crippen LogP contribution in [0.15, 0.2) is 24.3 Å². The monoisotopic (exact) mass is 479 g/mol. The van der Waals surface area contributed by atoms with Crippen molar-refractivity contribution in [2.45, 2.75) is 46.0 Å². The molecule has 1 aliphatic carbocycles. The van der Waals surface area contributed by atoms with Crippen LogP contribution in [-0.2, 0) is 12.8 Å². The summed E-state index contributed by atoms with van der Waals surface area (Å²) in [6.07, 6.45) is 3.39. The molecule has 1 aliphatic heterocycles. The molecule has 8 nitrogen and oxygen atoms in total. The topological polar surface area (TPSA) is 92.5 Å². The number of thiophene rings is 1. The summed E-state index contributed by atoms with van der Waals surface area (Å²) in [7, 11) is 0. The maximum absolute atomic E-state index is 13.0. The summed E-state index contributed by atoms with van der Waals surface area (Å²) >= 11 is 1.83. The number of nitro benzene ring substituents is 1. The first kappa shape index (κ1) is 22.7. The molecule has 0 spiro atoms. The molecule has 2 aliphatic rings. The first-order valence-corrected chi connectivity index (χ1v) is 12.7. The Bertz CT molecular complexity index is 1250. The van der Waals surface area contributed by atoms with Crippen molar-refractivity contribution >= 4 is 39.0 Å². The average Bonchev–Trinajstić information content (AvgIpc) is 3.20. The van der Waals surface area contributed by atoms with Gasteiger partial charge in [0.2, 0.25) is 0 Å². The van der Waals surface area contributed by atoms with Gasteiger partial charge in [-0.2, -0.15) is 0 Å². The number of hydrogen-bond donors (Lipinski definition) is 0. The van der Waals surface area contributed by atoms with Gasteiger partial charge in [0.25, 0.3) is 11.6 Å². The van der Waals surface area contributed by atoms with Crippen molar-refractivity contribution in [1.29, 1.82) is 0 Å². The summed E-state index contributed by atoms with van der Waals surface area (Å²) in [6, 6.07) is 5.84. The van der Waals surface area contributed by atoms with Crippen LogP contribution in [0.1, 0.15) is 59.7 Å². The minimum Gasteiger partial charge on any atom is -0.352 e. The van der Waals surface area contributed by atoms with E-state index in [9.17, 15) is 14.9 Å². The summed E-state index contributed by atoms with van der Waals surface area (Å²) in [4.78, 5) is 40.1. The number of carbonyl (C=O) groups is 1. The van der Waals surface area contributed by atoms with Gasteiger partial charge >= 0.3 is 0 Å². The Labute approximate surface area is 202 Å². The van der Waals surface area contributed by atoms with Gasteiger partial charge in [-0.3, -0.25) is 14.9 Å². The van der Waals surface area contributed by atoms with Crippen molar-refractivity contribution in [2.75, 3.05) is 31.1 Å². The summed E-state index contributed by atoms with van der Waals surface area (Å²) in [6.45, 7) is 9.14. The Morgan fingerprint density at radius 2 is 1.85 bits per heavy atom. The van der Waals surface area contributed by atoms with Crippen molar-refractivity contribution in [3.05, 3.63) is 56.2 Å². The molecule has 1 amide bonds. The third kappa shape index (κ3) is 4.13. The third-order valence-corrected chi connectivity index (χ3v) is 8.01. The van der Waals surface area contributed by atoms with Crippen molar-refractivity contribution < 1.29 is 9.72 Å². The molecule has 178 valence electrons. The number of piperazine rings is 1. The standard InChI is InChI=1S/C25H29N5O3S/c1-15(2)22-26-23(21-19-9-4-16(3)14-20(19)34-24(21)27-22)28-10-12-29(13-11-28)25(31)17-5-7-18(8-6-17)30(32)33/h5-8,15-16H,4,9-14H2,1-3H3. The third-order valence-electron chi connectivity index (χ3n) is 6.86. The quantitative estimate of drug-likeness (QED) is 0.394. The molecule has 0 saturated carbocycles. The number of non-ortho nitro benzene ring substituents is 1. The number of amides is 1. The van der Waals surface area contributed by atoms with E-state index < -0.39 is 4.92 Å². The summed E-state index contributed by atoms with van der Waals surface area (Å²) in [5.74, 6) is 2.75. The van der Waals surface area contributed by atoms with E-state index in [1.54, 1.807) is 0 Å². The Balaban J connectivity index is 1.40. The number of aromatic nitrogens is 2. The van der Waals surface area contributed by atoms with E-state index in [4.69, 9.17) is 9.97 Å². The van der Waals surface area contributed by atoms with Gasteiger partial charge in [0.05, 0.1) is 10.3 Å². The fourth-order valence-electron chi connectivity index (χ4n) is 4.86. The van der Waals surface area contributed by atoms with Crippen LogP contribution in [0, 0.1) is 16.0 Å². The van der Waals surface area contributed by atoms with Crippen LogP contribution in [0.2, 0.25) is 0 Å². The Kier molecular flexibility index (Phi) is 5.97. The zero-order valence-corrected chi connectivity index (χ0v) is 20.6. The second-order valence-electron chi connectivity index (χ2n) is 9.68. The zero-order chi connectivity index (χ0) is 24.0. The number of hydrogen-bond acceptors (Lipinski definition) is 7. The molecule has 34 heavy (non-hydrogen) atoms. The highest BCUT2D eigenvalue weighted by Gasteiger charge is 2.29. The van der Waals surface area contributed by atoms with Gasteiger partial charge in [-0.05, 0) is 42.9 Å². The summed E-state index contributed by atoms with van der Waals surface area (Å²) < 4.78 is 0. The van der Waals surface area contributed by atoms with Crippen molar-refractivity contribution in [1.82, 2.24) is 14.9 Å². The van der Waals surface area contributed by atoms with Gasteiger partial charge in [0.15, 0.2) is 0 Å². The van der Waals surface area contributed by atoms with Crippen LogP contribution in [0.3, 0.4) is 0 Å². The molecular formula is C25H29N5O3S. The fourth-order valence-corrected chi connectivity index (χ4v) is 6.24. The van der Waals surface area contributed by atoms with Crippen LogP contribution in [0.5, 0.6) is 0 Å². The number of aryl methyl sites for hydroxylation is 1. The van der Waals surface area contributed by atoms with Gasteiger partial charge in [-0.15, -0.1) is 11.3 Å². The predicted molar refractivity (Wildman–Crippen MR) is 134 cm³/mol. The molecule has 0 bridgehead atoms. The Hall–Kier alpha value is -3.07. The lowest BCUT2D eigenvalue weighted by molar-refractivity contribution is -0.384. The van der Waals surface area contributed by atoms with E-state index in [1.807, 2.05) is 16.2 Å². The molecule has 2 aromatic heterocycles. The minimum absolute atomic E-state index is 0.0106. The van der Waals surface area contributed by atoms with E-state index in [0.29, 0.717) is 37.7 Å². The lowest BCUT2D eigenvalue weighted by Crippen LogP contribution is -2.49. The summed E-state index contributed by atoms with van der Waals surface area (Å²) in [5, 5.41) is 12.1. The number of carbonyl (C=O) groups excluding carboxylic acids is 1. The smallest absolute Gasteiger partial charge is 0.269 e. The van der Waals surface area contributed by atoms with Gasteiger partial charge in [0.1, 0.15) is 16.5 Å². The molecule has 1 aromatic carbocycles. The Morgan fingerprint density at radius 3 is 2.50 bits per heavy atom. The van der Waals surface area contributed by atoms with Crippen LogP contribution in [-0.4, -0.2) is 51.9 Å². The fraction of sp³-hybridized carbons (Fsp3) is 0.480. The highest BCUT2D eigenvalue weighted by molar-refractivity contribution is 7.19. The normalized spacial score (nSPS) is 18.4. The second-order valence-corrected chi connectivity index (χ2v) is 10.8. The van der Waals surface area contributed by atoms with Gasteiger partial charge in [-0.1, -0.05) is 20.8 Å². The van der Waals surface area contributed by atoms with E-state index in [0.717, 1.165) is 29.3 Å². The zero-order valence-electron chi connectivity index (χ0n) is 19.8. The molecule has 5 rings (SSSR count). The van der Waals surface area contributed by atoms with Crippen molar-refractivity contribution in [3.63, 3.8) is 0 Å². The molecule has 0 radical (unpaired) electrons. The highest BCUT2D eigenvalue weighted by Crippen LogP contribution is 2.41. The predicted octanol–water partition coefficient (Wildman–Crippen LogP) is 4.81. The molecule has 1 saturated heterocycles. The van der Waals surface area contributed by atoms with Crippen LogP contribution in [0.25, 0.3) is 10.2 Å². The number of fused-ring (bicyclic) bond motifs is 3. The average molecular weight is 480 g/mol. The van der Waals surface area contributed by atoms with E-state index in [-0.39, 0.29) is 17.5 Å². The van der Waals surface area contributed by atoms with Crippen molar-refractivity contribution in [2.24, 2.45) is 5.92 Å². The molecule has 0 N–H and O–H groups in total. The van der Waals surface area contributed by atoms with Crippen LogP contribution >= 0.6 is 11.3 Å². The lowest BCUT2D eigenvalue weighted by Gasteiger charge is -2.36. The molecular weight excluding hydrogens is 450 g/mol. The largest absolute Gasteiger partial charge is 0.352 e. The minimum atomic E-state index is -0.454. The highest BCUT2D eigenvalue weighted by atomic mass is 32.1. The lowest BCUT2D eigenvalue weighted by atomic mass is 9.89. The first-order valence-electron chi connectivity index (χ1n) is 11.9. The van der Waals surface area contributed by atoms with Crippen LogP contribution in [0.4, 0.5) is 11.5 Å². The van der Waals surface area contributed by atoms with E-state index >= 15 is 0 Å². The van der Waals surface area contributed by atoms with E-state index in [2.05, 4.69) is 25.7 Å². The molecule has 1 atom stereocenters. The van der Waals surface area contributed by atoms with Crippen LogP contribution < -0.4 is 4.90 Å².